The molecule has 0 atom stereocenters. The van der Waals surface area contributed by atoms with Crippen molar-refractivity contribution >= 4 is 0 Å². The highest BCUT2D eigenvalue weighted by Crippen LogP contribution is 1.89. The lowest BCUT2D eigenvalue weighted by Gasteiger charge is -1.91. The van der Waals surface area contributed by atoms with E-state index < -0.39 is 0 Å². The summed E-state index contributed by atoms with van der Waals surface area (Å²) in [5.74, 6) is 1.16. The van der Waals surface area contributed by atoms with Crippen molar-refractivity contribution in [3.63, 3.8) is 0 Å². The van der Waals surface area contributed by atoms with Crippen LogP contribution in [-0.4, -0.2) is 0 Å². The number of rotatable bonds is 1. The van der Waals surface area contributed by atoms with Gasteiger partial charge in [-0.2, -0.15) is 0 Å². The van der Waals surface area contributed by atoms with Gasteiger partial charge in [-0.05, 0) is 6.07 Å². The molecule has 0 N–H and O–H groups in total. The summed E-state index contributed by atoms with van der Waals surface area (Å²) in [6.07, 6.45) is 6.11. The summed E-state index contributed by atoms with van der Waals surface area (Å²) >= 11 is 0. The highest BCUT2D eigenvalue weighted by molar-refractivity contribution is 5.03. The van der Waals surface area contributed by atoms with Gasteiger partial charge in [0.25, 0.3) is 0 Å². The molecule has 2 nitrogen and oxygen atoms in total. The van der Waals surface area contributed by atoms with Crippen LogP contribution in [0.3, 0.4) is 0 Å². The lowest BCUT2D eigenvalue weighted by Crippen LogP contribution is -2.45. The largest absolute Gasteiger partial charge is 0.448 e. The van der Waals surface area contributed by atoms with Crippen molar-refractivity contribution < 1.29 is 9.13 Å². The summed E-state index contributed by atoms with van der Waals surface area (Å²) in [5, 5.41) is 0. The van der Waals surface area contributed by atoms with Crippen molar-refractivity contribution in [2.75, 3.05) is 0 Å². The Morgan fingerprint density at radius 3 is 2.23 bits per heavy atom. The molecule has 13 heavy (non-hydrogen) atoms. The van der Waals surface area contributed by atoms with E-state index in [1.54, 1.807) is 0 Å². The van der Waals surface area contributed by atoms with Crippen molar-refractivity contribution in [1.82, 2.24) is 0 Å². The SMILES string of the molecule is C[n+]1ccccc1-[n+]1ccccc1. The van der Waals surface area contributed by atoms with E-state index in [4.69, 9.17) is 0 Å². The summed E-state index contributed by atoms with van der Waals surface area (Å²) in [4.78, 5) is 0. The predicted molar refractivity (Wildman–Crippen MR) is 49.2 cm³/mol. The van der Waals surface area contributed by atoms with Crippen molar-refractivity contribution in [2.45, 2.75) is 0 Å². The number of hydrogen-bond acceptors (Lipinski definition) is 0. The maximum absolute atomic E-state index is 2.08. The lowest BCUT2D eigenvalue weighted by molar-refractivity contribution is -0.778. The molecule has 0 aliphatic rings. The van der Waals surface area contributed by atoms with Crippen LogP contribution in [0.4, 0.5) is 0 Å². The Bertz CT molecular complexity index is 396. The van der Waals surface area contributed by atoms with Gasteiger partial charge < -0.3 is 0 Å². The third-order valence-corrected chi connectivity index (χ3v) is 2.01. The molecule has 0 saturated heterocycles. The van der Waals surface area contributed by atoms with Gasteiger partial charge in [-0.3, -0.25) is 0 Å². The average molecular weight is 172 g/mol. The maximum atomic E-state index is 2.08. The van der Waals surface area contributed by atoms with Crippen LogP contribution in [-0.2, 0) is 7.05 Å². The molecule has 2 heteroatoms. The lowest BCUT2D eigenvalue weighted by atomic mass is 10.4. The minimum Gasteiger partial charge on any atom is -0.145 e. The summed E-state index contributed by atoms with van der Waals surface area (Å²) in [6, 6.07) is 12.2. The minimum absolute atomic E-state index is 1.16. The molecule has 64 valence electrons. The molecule has 2 aromatic rings. The molecule has 0 unspecified atom stereocenters. The fourth-order valence-corrected chi connectivity index (χ4v) is 1.33. The van der Waals surface area contributed by atoms with Gasteiger partial charge in [0, 0.05) is 18.2 Å². The van der Waals surface area contributed by atoms with E-state index in [1.165, 1.54) is 0 Å². The molecule has 0 aliphatic carbocycles. The van der Waals surface area contributed by atoms with Crippen LogP contribution in [0.15, 0.2) is 55.0 Å². The molecule has 0 bridgehead atoms. The number of aryl methyl sites for hydroxylation is 1. The first-order valence-electron chi connectivity index (χ1n) is 4.29. The Morgan fingerprint density at radius 2 is 1.54 bits per heavy atom. The fraction of sp³-hybridized carbons (Fsp3) is 0.0909. The smallest absolute Gasteiger partial charge is 0.145 e. The van der Waals surface area contributed by atoms with Gasteiger partial charge >= 0.3 is 5.82 Å². The summed E-state index contributed by atoms with van der Waals surface area (Å²) < 4.78 is 4.17. The molecule has 0 aromatic carbocycles. The molecule has 0 fully saturated rings. The van der Waals surface area contributed by atoms with E-state index in [-0.39, 0.29) is 0 Å². The molecular weight excluding hydrogens is 160 g/mol. The Balaban J connectivity index is 2.54. The zero-order valence-corrected chi connectivity index (χ0v) is 7.59. The zero-order valence-electron chi connectivity index (χ0n) is 7.59. The van der Waals surface area contributed by atoms with E-state index in [0.717, 1.165) is 5.82 Å². The van der Waals surface area contributed by atoms with Crippen molar-refractivity contribution in [3.8, 4) is 5.82 Å². The second kappa shape index (κ2) is 3.35. The molecule has 2 aromatic heterocycles. The van der Waals surface area contributed by atoms with Gasteiger partial charge in [0.15, 0.2) is 18.6 Å². The molecule has 2 rings (SSSR count). The summed E-state index contributed by atoms with van der Waals surface area (Å²) in [6.45, 7) is 0. The first kappa shape index (κ1) is 7.92. The molecule has 0 aliphatic heterocycles. The fourth-order valence-electron chi connectivity index (χ4n) is 1.33. The van der Waals surface area contributed by atoms with Gasteiger partial charge in [-0.15, -0.1) is 9.13 Å². The monoisotopic (exact) mass is 172 g/mol. The summed E-state index contributed by atoms with van der Waals surface area (Å²) in [7, 11) is 2.04. The average Bonchev–Trinajstić information content (AvgIpc) is 2.20. The van der Waals surface area contributed by atoms with Gasteiger partial charge in [0.1, 0.15) is 7.05 Å². The third kappa shape index (κ3) is 1.56. The third-order valence-electron chi connectivity index (χ3n) is 2.01. The molecule has 0 saturated carbocycles. The Kier molecular flexibility index (Phi) is 2.04. The number of hydrogen-bond donors (Lipinski definition) is 0. The van der Waals surface area contributed by atoms with Crippen LogP contribution in [0.5, 0.6) is 0 Å². The normalized spacial score (nSPS) is 9.92. The van der Waals surface area contributed by atoms with Gasteiger partial charge in [0.2, 0.25) is 0 Å². The van der Waals surface area contributed by atoms with E-state index >= 15 is 0 Å². The Morgan fingerprint density at radius 1 is 0.846 bits per heavy atom. The first-order valence-corrected chi connectivity index (χ1v) is 4.29. The molecule has 0 amide bonds. The van der Waals surface area contributed by atoms with Gasteiger partial charge in [-0.25, -0.2) is 0 Å². The number of aromatic nitrogens is 2. The van der Waals surface area contributed by atoms with Crippen LogP contribution in [0.25, 0.3) is 5.82 Å². The van der Waals surface area contributed by atoms with Crippen LogP contribution < -0.4 is 9.13 Å². The molecule has 2 heterocycles. The van der Waals surface area contributed by atoms with Crippen molar-refractivity contribution in [3.05, 3.63) is 55.0 Å². The van der Waals surface area contributed by atoms with E-state index in [0.29, 0.717) is 0 Å². The highest BCUT2D eigenvalue weighted by atomic mass is 15.1. The van der Waals surface area contributed by atoms with Crippen LogP contribution in [0.2, 0.25) is 0 Å². The summed E-state index contributed by atoms with van der Waals surface area (Å²) in [5.41, 5.74) is 0. The first-order chi connectivity index (χ1) is 6.38. The van der Waals surface area contributed by atoms with E-state index in [2.05, 4.69) is 15.2 Å². The van der Waals surface area contributed by atoms with E-state index in [1.807, 2.05) is 56.0 Å². The second-order valence-corrected chi connectivity index (χ2v) is 2.95. The van der Waals surface area contributed by atoms with Crippen molar-refractivity contribution in [2.24, 2.45) is 7.05 Å². The Hall–Kier alpha value is -1.70. The van der Waals surface area contributed by atoms with Crippen LogP contribution >= 0.6 is 0 Å². The quantitative estimate of drug-likeness (QED) is 0.562. The minimum atomic E-state index is 1.16. The van der Waals surface area contributed by atoms with Crippen LogP contribution in [0, 0.1) is 0 Å². The molecule has 0 radical (unpaired) electrons. The highest BCUT2D eigenvalue weighted by Gasteiger charge is 2.13. The Labute approximate surface area is 77.7 Å². The topological polar surface area (TPSA) is 7.76 Å². The second-order valence-electron chi connectivity index (χ2n) is 2.95. The maximum Gasteiger partial charge on any atom is 0.448 e. The van der Waals surface area contributed by atoms with Gasteiger partial charge in [-0.1, -0.05) is 6.07 Å². The molecular formula is C11H12N2+2. The van der Waals surface area contributed by atoms with Crippen LogP contribution in [0.1, 0.15) is 0 Å². The zero-order chi connectivity index (χ0) is 9.10. The van der Waals surface area contributed by atoms with Gasteiger partial charge in [0.05, 0.1) is 6.07 Å². The number of nitrogens with zero attached hydrogens (tertiary/aromatic N) is 2. The van der Waals surface area contributed by atoms with Crippen molar-refractivity contribution in [1.29, 1.82) is 0 Å². The van der Waals surface area contributed by atoms with E-state index in [9.17, 15) is 0 Å². The molecule has 0 spiro atoms. The number of pyridine rings is 2. The standard InChI is InChI=1S/C11H12N2/c1-12-8-6-3-7-11(12)13-9-4-2-5-10-13/h2-10H,1H3/q+2. The predicted octanol–water partition coefficient (Wildman–Crippen LogP) is 0.788.